The summed E-state index contributed by atoms with van der Waals surface area (Å²) in [7, 11) is 0. The zero-order chi connectivity index (χ0) is 10.1. The van der Waals surface area contributed by atoms with E-state index in [1.807, 2.05) is 0 Å². The van der Waals surface area contributed by atoms with Crippen molar-refractivity contribution in [3.63, 3.8) is 0 Å². The number of carboxylic acids is 1. The topological polar surface area (TPSA) is 40.5 Å². The van der Waals surface area contributed by atoms with Crippen LogP contribution in [-0.2, 0) is 4.79 Å². The molecule has 0 aromatic carbocycles. The fourth-order valence-corrected chi connectivity index (χ4v) is 2.17. The van der Waals surface area contributed by atoms with Crippen LogP contribution in [0.2, 0.25) is 0 Å². The van der Waals surface area contributed by atoms with Crippen LogP contribution in [0.3, 0.4) is 0 Å². The molecule has 0 aromatic heterocycles. The first-order chi connectivity index (χ1) is 5.91. The van der Waals surface area contributed by atoms with Crippen LogP contribution in [0.25, 0.3) is 0 Å². The van der Waals surface area contributed by atoms with Gasteiger partial charge in [0.2, 0.25) is 0 Å². The molecule has 3 nitrogen and oxygen atoms in total. The minimum Gasteiger partial charge on any atom is -0.480 e. The highest BCUT2D eigenvalue weighted by Crippen LogP contribution is 2.32. The maximum atomic E-state index is 10.6. The quantitative estimate of drug-likeness (QED) is 0.776. The molecule has 1 aliphatic heterocycles. The second-order valence-electron chi connectivity index (χ2n) is 4.89. The SMILES string of the molecule is CC(C)(C)C1CCCN1CC(=O)O.Cl. The minimum atomic E-state index is -0.712. The fraction of sp³-hybridized carbons (Fsp3) is 0.900. The molecular weight excluding hydrogens is 202 g/mol. The number of hydrogen-bond donors (Lipinski definition) is 1. The number of aliphatic carboxylic acids is 1. The van der Waals surface area contributed by atoms with Crippen molar-refractivity contribution in [3.05, 3.63) is 0 Å². The van der Waals surface area contributed by atoms with E-state index in [1.54, 1.807) is 0 Å². The van der Waals surface area contributed by atoms with Crippen LogP contribution in [-0.4, -0.2) is 35.1 Å². The van der Waals surface area contributed by atoms with Crippen molar-refractivity contribution >= 4 is 18.4 Å². The Kier molecular flexibility index (Phi) is 4.89. The molecule has 84 valence electrons. The second kappa shape index (κ2) is 4.99. The Balaban J connectivity index is 0.00000169. The molecule has 1 N–H and O–H groups in total. The number of halogens is 1. The van der Waals surface area contributed by atoms with Gasteiger partial charge in [0, 0.05) is 6.04 Å². The number of rotatable bonds is 2. The zero-order valence-corrected chi connectivity index (χ0v) is 9.93. The van der Waals surface area contributed by atoms with Crippen molar-refractivity contribution in [2.75, 3.05) is 13.1 Å². The van der Waals surface area contributed by atoms with Crippen molar-refractivity contribution in [1.82, 2.24) is 4.90 Å². The Labute approximate surface area is 91.9 Å². The van der Waals surface area contributed by atoms with E-state index in [2.05, 4.69) is 25.7 Å². The molecule has 0 amide bonds. The summed E-state index contributed by atoms with van der Waals surface area (Å²) in [5, 5.41) is 8.72. The highest BCUT2D eigenvalue weighted by atomic mass is 35.5. The van der Waals surface area contributed by atoms with Crippen molar-refractivity contribution in [1.29, 1.82) is 0 Å². The number of likely N-dealkylation sites (tertiary alicyclic amines) is 1. The van der Waals surface area contributed by atoms with Crippen LogP contribution in [0, 0.1) is 5.41 Å². The Hall–Kier alpha value is -0.280. The predicted octanol–water partition coefficient (Wildman–Crippen LogP) is 2.00. The average molecular weight is 222 g/mol. The van der Waals surface area contributed by atoms with Gasteiger partial charge in [-0.3, -0.25) is 9.69 Å². The Morgan fingerprint density at radius 3 is 2.50 bits per heavy atom. The molecule has 4 heteroatoms. The summed E-state index contributed by atoms with van der Waals surface area (Å²) in [6.45, 7) is 7.67. The van der Waals surface area contributed by atoms with E-state index < -0.39 is 5.97 Å². The smallest absolute Gasteiger partial charge is 0.317 e. The lowest BCUT2D eigenvalue weighted by Crippen LogP contribution is -2.41. The lowest BCUT2D eigenvalue weighted by atomic mass is 9.85. The Morgan fingerprint density at radius 2 is 2.07 bits per heavy atom. The molecule has 0 radical (unpaired) electrons. The van der Waals surface area contributed by atoms with Gasteiger partial charge in [-0.15, -0.1) is 12.4 Å². The predicted molar refractivity (Wildman–Crippen MR) is 58.9 cm³/mol. The number of carbonyl (C=O) groups is 1. The van der Waals surface area contributed by atoms with Crippen LogP contribution in [0.4, 0.5) is 0 Å². The molecule has 1 unspecified atom stereocenters. The van der Waals surface area contributed by atoms with Crippen molar-refractivity contribution in [2.45, 2.75) is 39.7 Å². The van der Waals surface area contributed by atoms with E-state index in [9.17, 15) is 4.79 Å². The lowest BCUT2D eigenvalue weighted by molar-refractivity contribution is -0.139. The fourth-order valence-electron chi connectivity index (χ4n) is 2.17. The third-order valence-electron chi connectivity index (χ3n) is 2.70. The zero-order valence-electron chi connectivity index (χ0n) is 9.12. The van der Waals surface area contributed by atoms with Crippen LogP contribution in [0.15, 0.2) is 0 Å². The summed E-state index contributed by atoms with van der Waals surface area (Å²) in [4.78, 5) is 12.7. The highest BCUT2D eigenvalue weighted by molar-refractivity contribution is 5.85. The minimum absolute atomic E-state index is 0. The molecule has 14 heavy (non-hydrogen) atoms. The van der Waals surface area contributed by atoms with Gasteiger partial charge in [-0.1, -0.05) is 20.8 Å². The van der Waals surface area contributed by atoms with Gasteiger partial charge < -0.3 is 5.11 Å². The Bertz CT molecular complexity index is 201. The molecule has 0 spiro atoms. The van der Waals surface area contributed by atoms with Crippen LogP contribution in [0.1, 0.15) is 33.6 Å². The molecule has 1 heterocycles. The molecule has 1 aliphatic rings. The van der Waals surface area contributed by atoms with Gasteiger partial charge in [0.1, 0.15) is 0 Å². The summed E-state index contributed by atoms with van der Waals surface area (Å²) in [6, 6.07) is 0.434. The normalized spacial score (nSPS) is 23.2. The van der Waals surface area contributed by atoms with Gasteiger partial charge in [0.25, 0.3) is 0 Å². The molecule has 0 aromatic rings. The molecule has 0 bridgehead atoms. The van der Waals surface area contributed by atoms with Crippen molar-refractivity contribution < 1.29 is 9.90 Å². The largest absolute Gasteiger partial charge is 0.480 e. The first-order valence-corrected chi connectivity index (χ1v) is 4.87. The molecule has 0 aliphatic carbocycles. The van der Waals surface area contributed by atoms with Crippen molar-refractivity contribution in [2.24, 2.45) is 5.41 Å². The maximum Gasteiger partial charge on any atom is 0.317 e. The molecule has 1 fully saturated rings. The third-order valence-corrected chi connectivity index (χ3v) is 2.70. The maximum absolute atomic E-state index is 10.6. The molecule has 1 rings (SSSR count). The van der Waals surface area contributed by atoms with Crippen LogP contribution < -0.4 is 0 Å². The van der Waals surface area contributed by atoms with E-state index in [0.29, 0.717) is 6.04 Å². The average Bonchev–Trinajstić information content (AvgIpc) is 2.31. The van der Waals surface area contributed by atoms with E-state index in [-0.39, 0.29) is 24.4 Å². The van der Waals surface area contributed by atoms with Gasteiger partial charge >= 0.3 is 5.97 Å². The second-order valence-corrected chi connectivity index (χ2v) is 4.89. The third kappa shape index (κ3) is 3.46. The van der Waals surface area contributed by atoms with Crippen molar-refractivity contribution in [3.8, 4) is 0 Å². The Morgan fingerprint density at radius 1 is 1.50 bits per heavy atom. The highest BCUT2D eigenvalue weighted by Gasteiger charge is 2.34. The monoisotopic (exact) mass is 221 g/mol. The molecule has 1 atom stereocenters. The number of hydrogen-bond acceptors (Lipinski definition) is 2. The number of nitrogens with zero attached hydrogens (tertiary/aromatic N) is 1. The molecule has 1 saturated heterocycles. The van der Waals surface area contributed by atoms with Gasteiger partial charge in [-0.2, -0.15) is 0 Å². The first-order valence-electron chi connectivity index (χ1n) is 4.87. The van der Waals surface area contributed by atoms with E-state index in [1.165, 1.54) is 0 Å². The van der Waals surface area contributed by atoms with E-state index in [4.69, 9.17) is 5.11 Å². The van der Waals surface area contributed by atoms with Gasteiger partial charge in [0.15, 0.2) is 0 Å². The number of carboxylic acid groups (broad SMARTS) is 1. The van der Waals surface area contributed by atoms with Crippen LogP contribution >= 0.6 is 12.4 Å². The summed E-state index contributed by atoms with van der Waals surface area (Å²) in [6.07, 6.45) is 2.27. The molecular formula is C10H20ClNO2. The van der Waals surface area contributed by atoms with Gasteiger partial charge in [-0.05, 0) is 24.8 Å². The summed E-state index contributed by atoms with van der Waals surface area (Å²) < 4.78 is 0. The summed E-state index contributed by atoms with van der Waals surface area (Å²) in [5.74, 6) is -0.712. The van der Waals surface area contributed by atoms with Gasteiger partial charge in [0.05, 0.1) is 6.54 Å². The van der Waals surface area contributed by atoms with Crippen LogP contribution in [0.5, 0.6) is 0 Å². The first kappa shape index (κ1) is 13.7. The van der Waals surface area contributed by atoms with E-state index >= 15 is 0 Å². The van der Waals surface area contributed by atoms with E-state index in [0.717, 1.165) is 19.4 Å². The summed E-state index contributed by atoms with van der Waals surface area (Å²) in [5.41, 5.74) is 0.200. The summed E-state index contributed by atoms with van der Waals surface area (Å²) >= 11 is 0. The molecule has 0 saturated carbocycles. The standard InChI is InChI=1S/C10H19NO2.ClH/c1-10(2,3)8-5-4-6-11(8)7-9(12)13;/h8H,4-7H2,1-3H3,(H,12,13);1H. The lowest BCUT2D eigenvalue weighted by Gasteiger charge is -2.34. The van der Waals surface area contributed by atoms with Gasteiger partial charge in [-0.25, -0.2) is 0 Å².